The number of hydrogen-bond acceptors (Lipinski definition) is 4. The van der Waals surface area contributed by atoms with Crippen LogP contribution in [0.5, 0.6) is 0 Å². The summed E-state index contributed by atoms with van der Waals surface area (Å²) in [6, 6.07) is 8.02. The predicted molar refractivity (Wildman–Crippen MR) is 114 cm³/mol. The van der Waals surface area contributed by atoms with Crippen molar-refractivity contribution >= 4 is 5.97 Å². The van der Waals surface area contributed by atoms with Crippen LogP contribution in [0.1, 0.15) is 65.5 Å². The van der Waals surface area contributed by atoms with Gasteiger partial charge < -0.3 is 5.11 Å². The van der Waals surface area contributed by atoms with Crippen LogP contribution in [-0.4, -0.2) is 30.8 Å². The summed E-state index contributed by atoms with van der Waals surface area (Å²) in [7, 11) is 0. The highest BCUT2D eigenvalue weighted by Gasteiger charge is 2.19. The molecule has 1 unspecified atom stereocenters. The second-order valence-electron chi connectivity index (χ2n) is 8.17. The third kappa shape index (κ3) is 4.93. The van der Waals surface area contributed by atoms with E-state index >= 15 is 0 Å². The molecule has 0 radical (unpaired) electrons. The minimum absolute atomic E-state index is 0.0225. The van der Waals surface area contributed by atoms with Crippen LogP contribution in [0.3, 0.4) is 0 Å². The maximum absolute atomic E-state index is 11.4. The number of aryl methyl sites for hydroxylation is 5. The van der Waals surface area contributed by atoms with Gasteiger partial charge in [-0.25, -0.2) is 0 Å². The van der Waals surface area contributed by atoms with Crippen molar-refractivity contribution in [1.82, 2.24) is 19.7 Å². The number of pyridine rings is 2. The number of aliphatic carboxylic acids is 1. The lowest BCUT2D eigenvalue weighted by molar-refractivity contribution is -0.137. The summed E-state index contributed by atoms with van der Waals surface area (Å²) in [4.78, 5) is 20.5. The van der Waals surface area contributed by atoms with E-state index < -0.39 is 5.97 Å². The van der Waals surface area contributed by atoms with Gasteiger partial charge in [-0.05, 0) is 80.7 Å². The van der Waals surface area contributed by atoms with Crippen LogP contribution in [0.2, 0.25) is 0 Å². The molecule has 0 aliphatic heterocycles. The number of rotatable bonds is 8. The average Bonchev–Trinajstić information content (AvgIpc) is 3.20. The van der Waals surface area contributed by atoms with E-state index in [1.165, 1.54) is 24.1 Å². The molecule has 3 aromatic heterocycles. The Morgan fingerprint density at radius 2 is 1.97 bits per heavy atom. The van der Waals surface area contributed by atoms with Crippen molar-refractivity contribution in [2.45, 2.75) is 64.3 Å². The number of carboxylic acid groups (broad SMARTS) is 1. The van der Waals surface area contributed by atoms with Gasteiger partial charge in [0.2, 0.25) is 0 Å². The van der Waals surface area contributed by atoms with Crippen LogP contribution in [0, 0.1) is 6.92 Å². The zero-order chi connectivity index (χ0) is 20.9. The van der Waals surface area contributed by atoms with E-state index in [1.54, 1.807) is 17.1 Å². The third-order valence-corrected chi connectivity index (χ3v) is 5.73. The Morgan fingerprint density at radius 3 is 2.80 bits per heavy atom. The van der Waals surface area contributed by atoms with Gasteiger partial charge in [0.05, 0.1) is 18.2 Å². The Morgan fingerprint density at radius 1 is 1.13 bits per heavy atom. The highest BCUT2D eigenvalue weighted by atomic mass is 16.4. The van der Waals surface area contributed by atoms with Gasteiger partial charge in [-0.3, -0.25) is 19.4 Å². The largest absolute Gasteiger partial charge is 0.481 e. The van der Waals surface area contributed by atoms with E-state index in [0.717, 1.165) is 54.6 Å². The van der Waals surface area contributed by atoms with Gasteiger partial charge >= 0.3 is 5.97 Å². The Hall–Kier alpha value is -3.02. The molecule has 6 nitrogen and oxygen atoms in total. The van der Waals surface area contributed by atoms with E-state index in [-0.39, 0.29) is 12.5 Å². The van der Waals surface area contributed by atoms with Crippen LogP contribution in [0.4, 0.5) is 0 Å². The van der Waals surface area contributed by atoms with Gasteiger partial charge in [0.1, 0.15) is 0 Å². The first-order valence-corrected chi connectivity index (χ1v) is 10.7. The predicted octanol–water partition coefficient (Wildman–Crippen LogP) is 4.10. The number of aromatic nitrogens is 4. The quantitative estimate of drug-likeness (QED) is 0.611. The molecule has 156 valence electrons. The van der Waals surface area contributed by atoms with Gasteiger partial charge in [0.25, 0.3) is 0 Å². The van der Waals surface area contributed by atoms with Crippen molar-refractivity contribution in [3.8, 4) is 0 Å². The van der Waals surface area contributed by atoms with Gasteiger partial charge in [0.15, 0.2) is 0 Å². The molecule has 0 fully saturated rings. The van der Waals surface area contributed by atoms with Gasteiger partial charge in [-0.1, -0.05) is 12.1 Å². The smallest absolute Gasteiger partial charge is 0.305 e. The Bertz CT molecular complexity index is 1030. The summed E-state index contributed by atoms with van der Waals surface area (Å²) < 4.78 is 1.76. The Labute approximate surface area is 177 Å². The fourth-order valence-electron chi connectivity index (χ4n) is 4.19. The summed E-state index contributed by atoms with van der Waals surface area (Å²) in [5.41, 5.74) is 6.71. The molecule has 0 aromatic carbocycles. The Kier molecular flexibility index (Phi) is 6.21. The first-order valence-electron chi connectivity index (χ1n) is 10.7. The molecule has 0 saturated carbocycles. The second kappa shape index (κ2) is 9.20. The monoisotopic (exact) mass is 404 g/mol. The molecule has 30 heavy (non-hydrogen) atoms. The summed E-state index contributed by atoms with van der Waals surface area (Å²) in [5.74, 6) is -0.850. The molecular weight excluding hydrogens is 376 g/mol. The van der Waals surface area contributed by atoms with Crippen molar-refractivity contribution in [3.63, 3.8) is 0 Å². The number of fused-ring (bicyclic) bond motifs is 1. The number of nitrogens with zero attached hydrogens (tertiary/aromatic N) is 4. The lowest BCUT2D eigenvalue weighted by atomic mass is 9.95. The average molecular weight is 405 g/mol. The van der Waals surface area contributed by atoms with Crippen LogP contribution in [0.25, 0.3) is 0 Å². The van der Waals surface area contributed by atoms with Crippen molar-refractivity contribution in [2.24, 2.45) is 0 Å². The highest BCUT2D eigenvalue weighted by molar-refractivity contribution is 5.68. The van der Waals surface area contributed by atoms with Crippen molar-refractivity contribution in [3.05, 3.63) is 76.6 Å². The van der Waals surface area contributed by atoms with Crippen molar-refractivity contribution < 1.29 is 9.90 Å². The van der Waals surface area contributed by atoms with Crippen LogP contribution in [-0.2, 0) is 30.5 Å². The standard InChI is InChI=1S/C24H28N4O2/c1-17-13-19(16-25-15-17)23(14-24(29)30)28-12-11-21(27-28)7-4-6-20-10-9-18-5-2-3-8-22(18)26-20/h9-13,15-16,23H,2-8,14H2,1H3,(H,29,30). The zero-order valence-electron chi connectivity index (χ0n) is 17.4. The van der Waals surface area contributed by atoms with E-state index in [1.807, 2.05) is 25.3 Å². The molecule has 3 aromatic rings. The molecule has 0 spiro atoms. The van der Waals surface area contributed by atoms with E-state index in [9.17, 15) is 9.90 Å². The first-order chi connectivity index (χ1) is 14.6. The highest BCUT2D eigenvalue weighted by Crippen LogP contribution is 2.23. The second-order valence-corrected chi connectivity index (χ2v) is 8.17. The molecule has 3 heterocycles. The van der Waals surface area contributed by atoms with Gasteiger partial charge in [-0.2, -0.15) is 5.10 Å². The molecule has 1 atom stereocenters. The Balaban J connectivity index is 1.40. The van der Waals surface area contributed by atoms with Gasteiger partial charge in [-0.15, -0.1) is 0 Å². The SMILES string of the molecule is Cc1cncc(C(CC(=O)O)n2ccc(CCCc3ccc4c(n3)CCCC4)n2)c1. The molecule has 0 saturated heterocycles. The molecular formula is C24H28N4O2. The van der Waals surface area contributed by atoms with Crippen molar-refractivity contribution in [1.29, 1.82) is 0 Å². The molecule has 0 bridgehead atoms. The number of carbonyl (C=O) groups is 1. The first kappa shape index (κ1) is 20.3. The van der Waals surface area contributed by atoms with Crippen LogP contribution >= 0.6 is 0 Å². The molecule has 6 heteroatoms. The minimum atomic E-state index is -0.850. The molecule has 1 N–H and O–H groups in total. The summed E-state index contributed by atoms with van der Waals surface area (Å²) in [5, 5.41) is 14.0. The topological polar surface area (TPSA) is 80.9 Å². The van der Waals surface area contributed by atoms with E-state index in [0.29, 0.717) is 0 Å². The molecule has 1 aliphatic carbocycles. The lowest BCUT2D eigenvalue weighted by Crippen LogP contribution is -2.16. The van der Waals surface area contributed by atoms with Crippen LogP contribution in [0.15, 0.2) is 42.9 Å². The number of hydrogen-bond donors (Lipinski definition) is 1. The zero-order valence-corrected chi connectivity index (χ0v) is 17.4. The molecule has 4 rings (SSSR count). The lowest BCUT2D eigenvalue weighted by Gasteiger charge is -2.16. The fraction of sp³-hybridized carbons (Fsp3) is 0.417. The summed E-state index contributed by atoms with van der Waals surface area (Å²) in [6.07, 6.45) is 12.9. The normalized spacial score (nSPS) is 14.3. The minimum Gasteiger partial charge on any atom is -0.481 e. The van der Waals surface area contributed by atoms with E-state index in [2.05, 4.69) is 22.2 Å². The fourth-order valence-corrected chi connectivity index (χ4v) is 4.19. The third-order valence-electron chi connectivity index (χ3n) is 5.73. The number of carboxylic acids is 1. The summed E-state index contributed by atoms with van der Waals surface area (Å²) >= 11 is 0. The molecule has 0 amide bonds. The maximum atomic E-state index is 11.4. The van der Waals surface area contributed by atoms with Gasteiger partial charge in [0, 0.05) is 30.0 Å². The molecule has 1 aliphatic rings. The summed E-state index contributed by atoms with van der Waals surface area (Å²) in [6.45, 7) is 1.96. The maximum Gasteiger partial charge on any atom is 0.305 e. The van der Waals surface area contributed by atoms with E-state index in [4.69, 9.17) is 4.98 Å². The van der Waals surface area contributed by atoms with Crippen LogP contribution < -0.4 is 0 Å². The van der Waals surface area contributed by atoms with Crippen molar-refractivity contribution in [2.75, 3.05) is 0 Å².